The van der Waals surface area contributed by atoms with E-state index in [0.29, 0.717) is 19.6 Å². The van der Waals surface area contributed by atoms with E-state index in [1.165, 1.54) is 4.90 Å². The minimum absolute atomic E-state index is 0.0291. The first-order valence-corrected chi connectivity index (χ1v) is 3.94. The largest absolute Gasteiger partial charge is 0.395 e. The number of urea groups is 1. The minimum Gasteiger partial charge on any atom is -0.395 e. The summed E-state index contributed by atoms with van der Waals surface area (Å²) in [5.74, 6) is 0. The van der Waals surface area contributed by atoms with Crippen molar-refractivity contribution in [1.82, 2.24) is 9.80 Å². The Balaban J connectivity index is 2.28. The summed E-state index contributed by atoms with van der Waals surface area (Å²) in [4.78, 5) is 14.3. The predicted octanol–water partition coefficient (Wildman–Crippen LogP) is -1.29. The monoisotopic (exact) mass is 174 g/mol. The number of hydrogen-bond acceptors (Lipinski definition) is 3. The Morgan fingerprint density at radius 2 is 2.25 bits per heavy atom. The molecule has 70 valence electrons. The molecule has 5 heteroatoms. The first-order valence-electron chi connectivity index (χ1n) is 3.94. The van der Waals surface area contributed by atoms with Gasteiger partial charge in [0.15, 0.2) is 0 Å². The number of nitrogens with zero attached hydrogens (tertiary/aromatic N) is 2. The highest BCUT2D eigenvalue weighted by Gasteiger charge is 2.30. The van der Waals surface area contributed by atoms with Crippen molar-refractivity contribution in [3.05, 3.63) is 0 Å². The molecule has 1 rings (SSSR count). The van der Waals surface area contributed by atoms with Crippen LogP contribution >= 0.6 is 0 Å². The molecule has 0 radical (unpaired) electrons. The Bertz CT molecular complexity index is 161. The van der Waals surface area contributed by atoms with E-state index in [-0.39, 0.29) is 18.7 Å². The van der Waals surface area contributed by atoms with Gasteiger partial charge in [-0.1, -0.05) is 0 Å². The van der Waals surface area contributed by atoms with Crippen LogP contribution in [0.4, 0.5) is 4.79 Å². The van der Waals surface area contributed by atoms with Crippen LogP contribution in [0.25, 0.3) is 0 Å². The zero-order valence-corrected chi connectivity index (χ0v) is 7.10. The molecule has 1 heterocycles. The summed E-state index contributed by atoms with van der Waals surface area (Å²) >= 11 is 0. The number of likely N-dealkylation sites (tertiary alicyclic amines) is 1. The SMILES string of the molecule is CN(CCO)C(=O)N1CC(O)C1. The fourth-order valence-corrected chi connectivity index (χ4v) is 1.10. The van der Waals surface area contributed by atoms with Gasteiger partial charge in [-0.15, -0.1) is 0 Å². The van der Waals surface area contributed by atoms with Gasteiger partial charge in [-0.2, -0.15) is 0 Å². The molecule has 1 saturated heterocycles. The van der Waals surface area contributed by atoms with Crippen LogP contribution in [-0.4, -0.2) is 65.4 Å². The summed E-state index contributed by atoms with van der Waals surface area (Å²) in [6, 6.07) is -0.130. The summed E-state index contributed by atoms with van der Waals surface area (Å²) in [5, 5.41) is 17.5. The Morgan fingerprint density at radius 3 is 2.67 bits per heavy atom. The number of hydrogen-bond donors (Lipinski definition) is 2. The molecule has 2 N–H and O–H groups in total. The number of amides is 2. The smallest absolute Gasteiger partial charge is 0.320 e. The molecule has 1 aliphatic heterocycles. The van der Waals surface area contributed by atoms with Crippen molar-refractivity contribution in [1.29, 1.82) is 0 Å². The quantitative estimate of drug-likeness (QED) is 0.547. The van der Waals surface area contributed by atoms with E-state index in [2.05, 4.69) is 0 Å². The average Bonchev–Trinajstić information content (AvgIpc) is 1.98. The molecule has 0 bridgehead atoms. The van der Waals surface area contributed by atoms with Gasteiger partial charge in [-0.25, -0.2) is 4.79 Å². The lowest BCUT2D eigenvalue weighted by Gasteiger charge is -2.38. The van der Waals surface area contributed by atoms with E-state index in [0.717, 1.165) is 0 Å². The van der Waals surface area contributed by atoms with Crippen molar-refractivity contribution in [2.75, 3.05) is 33.3 Å². The predicted molar refractivity (Wildman–Crippen MR) is 42.7 cm³/mol. The normalized spacial score (nSPS) is 17.4. The van der Waals surface area contributed by atoms with Gasteiger partial charge in [0.05, 0.1) is 25.8 Å². The highest BCUT2D eigenvalue weighted by Crippen LogP contribution is 2.09. The molecule has 0 spiro atoms. The second kappa shape index (κ2) is 3.73. The lowest BCUT2D eigenvalue weighted by atomic mass is 10.2. The lowest BCUT2D eigenvalue weighted by Crippen LogP contribution is -2.57. The summed E-state index contributed by atoms with van der Waals surface area (Å²) in [7, 11) is 1.63. The maximum atomic E-state index is 11.3. The number of likely N-dealkylation sites (N-methyl/N-ethyl adjacent to an activating group) is 1. The number of aliphatic hydroxyl groups excluding tert-OH is 2. The first kappa shape index (κ1) is 9.28. The maximum absolute atomic E-state index is 11.3. The molecule has 0 aliphatic carbocycles. The van der Waals surface area contributed by atoms with Crippen LogP contribution in [-0.2, 0) is 0 Å². The van der Waals surface area contributed by atoms with Crippen LogP contribution < -0.4 is 0 Å². The fraction of sp³-hybridized carbons (Fsp3) is 0.857. The molecule has 2 amide bonds. The third kappa shape index (κ3) is 1.86. The summed E-state index contributed by atoms with van der Waals surface area (Å²) < 4.78 is 0. The van der Waals surface area contributed by atoms with Gasteiger partial charge >= 0.3 is 6.03 Å². The third-order valence-electron chi connectivity index (χ3n) is 1.89. The molecule has 0 aromatic carbocycles. The van der Waals surface area contributed by atoms with Gasteiger partial charge in [-0.05, 0) is 0 Å². The van der Waals surface area contributed by atoms with E-state index >= 15 is 0 Å². The van der Waals surface area contributed by atoms with Crippen LogP contribution in [0.2, 0.25) is 0 Å². The molecule has 0 atom stereocenters. The number of carbonyl (C=O) groups excluding carboxylic acids is 1. The second-order valence-corrected chi connectivity index (χ2v) is 2.99. The Hall–Kier alpha value is -0.810. The Kier molecular flexibility index (Phi) is 2.88. The van der Waals surface area contributed by atoms with Crippen LogP contribution in [0.3, 0.4) is 0 Å². The zero-order chi connectivity index (χ0) is 9.14. The molecule has 5 nitrogen and oxygen atoms in total. The van der Waals surface area contributed by atoms with Crippen molar-refractivity contribution in [3.8, 4) is 0 Å². The standard InChI is InChI=1S/C7H14N2O3/c1-8(2-3-10)7(12)9-4-6(11)5-9/h6,10-11H,2-5H2,1H3. The van der Waals surface area contributed by atoms with Gasteiger partial charge in [0.1, 0.15) is 0 Å². The summed E-state index contributed by atoms with van der Waals surface area (Å²) in [6.45, 7) is 1.13. The van der Waals surface area contributed by atoms with Crippen molar-refractivity contribution >= 4 is 6.03 Å². The van der Waals surface area contributed by atoms with Gasteiger partial charge < -0.3 is 20.0 Å². The Morgan fingerprint density at radius 1 is 1.67 bits per heavy atom. The van der Waals surface area contributed by atoms with Crippen LogP contribution in [0.1, 0.15) is 0 Å². The molecule has 1 fully saturated rings. The summed E-state index contributed by atoms with van der Waals surface area (Å²) in [5.41, 5.74) is 0. The van der Waals surface area contributed by atoms with Gasteiger partial charge in [0, 0.05) is 13.6 Å². The van der Waals surface area contributed by atoms with Crippen molar-refractivity contribution in [2.24, 2.45) is 0 Å². The van der Waals surface area contributed by atoms with E-state index in [9.17, 15) is 4.79 Å². The van der Waals surface area contributed by atoms with Crippen LogP contribution in [0.5, 0.6) is 0 Å². The highest BCUT2D eigenvalue weighted by molar-refractivity contribution is 5.75. The minimum atomic E-state index is -0.364. The van der Waals surface area contributed by atoms with Gasteiger partial charge in [0.2, 0.25) is 0 Å². The molecule has 12 heavy (non-hydrogen) atoms. The zero-order valence-electron chi connectivity index (χ0n) is 7.10. The molecule has 0 unspecified atom stereocenters. The summed E-state index contributed by atoms with van der Waals surface area (Å²) in [6.07, 6.45) is -0.364. The first-order chi connectivity index (χ1) is 5.65. The molecular formula is C7H14N2O3. The highest BCUT2D eigenvalue weighted by atomic mass is 16.3. The number of aliphatic hydroxyl groups is 2. The molecule has 0 aromatic rings. The van der Waals surface area contributed by atoms with E-state index in [1.54, 1.807) is 11.9 Å². The van der Waals surface area contributed by atoms with E-state index in [1.807, 2.05) is 0 Å². The Labute approximate surface area is 71.2 Å². The van der Waals surface area contributed by atoms with E-state index in [4.69, 9.17) is 10.2 Å². The van der Waals surface area contributed by atoms with Crippen molar-refractivity contribution in [3.63, 3.8) is 0 Å². The molecular weight excluding hydrogens is 160 g/mol. The van der Waals surface area contributed by atoms with Gasteiger partial charge in [0.25, 0.3) is 0 Å². The maximum Gasteiger partial charge on any atom is 0.320 e. The van der Waals surface area contributed by atoms with Crippen molar-refractivity contribution < 1.29 is 15.0 Å². The van der Waals surface area contributed by atoms with Crippen molar-refractivity contribution in [2.45, 2.75) is 6.10 Å². The topological polar surface area (TPSA) is 64.0 Å². The third-order valence-corrected chi connectivity index (χ3v) is 1.89. The second-order valence-electron chi connectivity index (χ2n) is 2.99. The van der Waals surface area contributed by atoms with Gasteiger partial charge in [-0.3, -0.25) is 0 Å². The molecule has 0 aromatic heterocycles. The fourth-order valence-electron chi connectivity index (χ4n) is 1.10. The molecule has 1 aliphatic rings. The van der Waals surface area contributed by atoms with Crippen LogP contribution in [0, 0.1) is 0 Å². The number of β-amino-alcohol motifs (C(OH)–C–C–N with tert-alkyl or cyclic N) is 1. The van der Waals surface area contributed by atoms with Crippen LogP contribution in [0.15, 0.2) is 0 Å². The number of rotatable bonds is 2. The van der Waals surface area contributed by atoms with E-state index < -0.39 is 0 Å². The molecule has 0 saturated carbocycles. The average molecular weight is 174 g/mol. The number of carbonyl (C=O) groups is 1. The lowest BCUT2D eigenvalue weighted by molar-refractivity contribution is 0.0161.